The van der Waals surface area contributed by atoms with Gasteiger partial charge in [0.05, 0.1) is 17.4 Å². The normalized spacial score (nSPS) is 23.2. The molecule has 0 aromatic heterocycles. The number of imide groups is 1. The number of anilines is 2. The summed E-state index contributed by atoms with van der Waals surface area (Å²) in [7, 11) is 0. The maximum atomic E-state index is 13.5. The molecule has 5 nitrogen and oxygen atoms in total. The monoisotopic (exact) mass is 398 g/mol. The van der Waals surface area contributed by atoms with Gasteiger partial charge in [-0.25, -0.2) is 9.96 Å². The second kappa shape index (κ2) is 7.11. The maximum absolute atomic E-state index is 13.5. The Morgan fingerprint density at radius 2 is 1.30 bits per heavy atom. The van der Waals surface area contributed by atoms with E-state index in [1.807, 2.05) is 92.7 Å². The molecule has 2 aliphatic heterocycles. The Morgan fingerprint density at radius 3 is 1.93 bits per heavy atom. The Bertz CT molecular complexity index is 1090. The molecule has 0 aliphatic carbocycles. The molecule has 2 heterocycles. The second-order valence-electron chi connectivity index (χ2n) is 7.92. The van der Waals surface area contributed by atoms with Crippen LogP contribution >= 0.6 is 0 Å². The molecule has 5 heteroatoms. The number of fused-ring (bicyclic) bond motifs is 1. The molecule has 2 amide bonds. The molecule has 3 atom stereocenters. The zero-order valence-electron chi connectivity index (χ0n) is 16.9. The number of nitrogens with zero attached hydrogens (tertiary/aromatic N) is 2. The van der Waals surface area contributed by atoms with E-state index in [0.717, 1.165) is 22.4 Å². The molecule has 0 unspecified atom stereocenters. The Labute approximate surface area is 175 Å². The van der Waals surface area contributed by atoms with E-state index >= 15 is 0 Å². The summed E-state index contributed by atoms with van der Waals surface area (Å²) in [5.74, 6) is -1.15. The smallest absolute Gasteiger partial charge is 0.266 e. The van der Waals surface area contributed by atoms with Gasteiger partial charge in [-0.2, -0.15) is 0 Å². The number of para-hydroxylation sites is 1. The first kappa shape index (κ1) is 18.6. The van der Waals surface area contributed by atoms with Crippen LogP contribution in [0.1, 0.15) is 22.7 Å². The number of benzene rings is 3. The van der Waals surface area contributed by atoms with E-state index in [-0.39, 0.29) is 17.9 Å². The zero-order valence-corrected chi connectivity index (χ0v) is 16.9. The first-order valence-corrected chi connectivity index (χ1v) is 10.1. The molecule has 2 fully saturated rings. The van der Waals surface area contributed by atoms with Crippen molar-refractivity contribution in [3.8, 4) is 0 Å². The lowest BCUT2D eigenvalue weighted by molar-refractivity contribution is -0.126. The Kier molecular flexibility index (Phi) is 4.40. The Balaban J connectivity index is 1.58. The van der Waals surface area contributed by atoms with Gasteiger partial charge < -0.3 is 0 Å². The number of hydroxylamine groups is 1. The lowest BCUT2D eigenvalue weighted by Gasteiger charge is -2.28. The molecule has 3 aromatic carbocycles. The summed E-state index contributed by atoms with van der Waals surface area (Å²) in [6, 6.07) is 24.7. The van der Waals surface area contributed by atoms with Crippen molar-refractivity contribution in [2.75, 3.05) is 9.96 Å². The molecule has 0 bridgehead atoms. The predicted molar refractivity (Wildman–Crippen MR) is 115 cm³/mol. The van der Waals surface area contributed by atoms with Gasteiger partial charge in [-0.15, -0.1) is 0 Å². The van der Waals surface area contributed by atoms with E-state index in [9.17, 15) is 9.59 Å². The van der Waals surface area contributed by atoms with Gasteiger partial charge in [0, 0.05) is 0 Å². The molecule has 0 spiro atoms. The third-order valence-electron chi connectivity index (χ3n) is 5.84. The molecule has 0 radical (unpaired) electrons. The standard InChI is InChI=1S/C25H22N2O3/c1-16-8-12-18(13-9-16)22-21-23(30-27(22)20-6-4-3-5-7-20)25(29)26(24(21)28)19-14-10-17(2)11-15-19/h3-15,21-23H,1-2H3/t21-,22+,23-/m1/s1. The first-order valence-electron chi connectivity index (χ1n) is 10.1. The summed E-state index contributed by atoms with van der Waals surface area (Å²) in [4.78, 5) is 34.2. The highest BCUT2D eigenvalue weighted by Gasteiger charge is 2.60. The minimum Gasteiger partial charge on any atom is -0.273 e. The second-order valence-corrected chi connectivity index (χ2v) is 7.92. The van der Waals surface area contributed by atoms with Crippen LogP contribution in [0.5, 0.6) is 0 Å². The quantitative estimate of drug-likeness (QED) is 0.616. The van der Waals surface area contributed by atoms with Gasteiger partial charge in [0.25, 0.3) is 5.91 Å². The van der Waals surface area contributed by atoms with Crippen LogP contribution < -0.4 is 9.96 Å². The number of amides is 2. The summed E-state index contributed by atoms with van der Waals surface area (Å²) in [5, 5.41) is 1.72. The molecule has 150 valence electrons. The van der Waals surface area contributed by atoms with Crippen molar-refractivity contribution >= 4 is 23.2 Å². The van der Waals surface area contributed by atoms with Crippen LogP contribution in [-0.4, -0.2) is 17.9 Å². The summed E-state index contributed by atoms with van der Waals surface area (Å²) in [6.07, 6.45) is -0.842. The van der Waals surface area contributed by atoms with E-state index in [1.54, 1.807) is 5.06 Å². The van der Waals surface area contributed by atoms with Gasteiger partial charge in [-0.05, 0) is 43.7 Å². The van der Waals surface area contributed by atoms with E-state index in [0.29, 0.717) is 5.69 Å². The van der Waals surface area contributed by atoms with Crippen molar-refractivity contribution in [1.82, 2.24) is 0 Å². The highest BCUT2D eigenvalue weighted by molar-refractivity contribution is 6.23. The van der Waals surface area contributed by atoms with Crippen molar-refractivity contribution in [2.45, 2.75) is 26.0 Å². The van der Waals surface area contributed by atoms with Gasteiger partial charge in [0.15, 0.2) is 6.10 Å². The van der Waals surface area contributed by atoms with Crippen LogP contribution in [0.2, 0.25) is 0 Å². The SMILES string of the molecule is Cc1ccc([C@H]2[C@H]3C(=O)N(c4ccc(C)cc4)C(=O)[C@@H]3ON2c2ccccc2)cc1. The molecule has 2 saturated heterocycles. The molecule has 30 heavy (non-hydrogen) atoms. The third-order valence-corrected chi connectivity index (χ3v) is 5.84. The van der Waals surface area contributed by atoms with E-state index in [1.165, 1.54) is 4.90 Å². The Hall–Kier alpha value is -3.44. The number of aryl methyl sites for hydroxylation is 2. The van der Waals surface area contributed by atoms with Crippen LogP contribution in [0, 0.1) is 19.8 Å². The molecule has 5 rings (SSSR count). The highest BCUT2D eigenvalue weighted by Crippen LogP contribution is 2.47. The maximum Gasteiger partial charge on any atom is 0.266 e. The van der Waals surface area contributed by atoms with Crippen molar-refractivity contribution in [2.24, 2.45) is 5.92 Å². The lowest BCUT2D eigenvalue weighted by Crippen LogP contribution is -2.37. The van der Waals surface area contributed by atoms with Crippen molar-refractivity contribution < 1.29 is 14.4 Å². The van der Waals surface area contributed by atoms with Gasteiger partial charge in [0.2, 0.25) is 5.91 Å². The van der Waals surface area contributed by atoms with Crippen LogP contribution in [0.15, 0.2) is 78.9 Å². The zero-order chi connectivity index (χ0) is 20.8. The van der Waals surface area contributed by atoms with Crippen LogP contribution in [0.3, 0.4) is 0 Å². The molecule has 2 aliphatic rings. The van der Waals surface area contributed by atoms with E-state index in [4.69, 9.17) is 4.84 Å². The summed E-state index contributed by atoms with van der Waals surface area (Å²) >= 11 is 0. The van der Waals surface area contributed by atoms with Crippen molar-refractivity contribution in [3.05, 3.63) is 95.6 Å². The summed E-state index contributed by atoms with van der Waals surface area (Å²) in [5.41, 5.74) is 4.56. The van der Waals surface area contributed by atoms with Gasteiger partial charge in [0.1, 0.15) is 5.92 Å². The highest BCUT2D eigenvalue weighted by atomic mass is 16.7. The largest absolute Gasteiger partial charge is 0.273 e. The summed E-state index contributed by atoms with van der Waals surface area (Å²) in [6.45, 7) is 4.00. The van der Waals surface area contributed by atoms with Gasteiger partial charge >= 0.3 is 0 Å². The molecular weight excluding hydrogens is 376 g/mol. The molecule has 0 N–H and O–H groups in total. The average Bonchev–Trinajstić information content (AvgIpc) is 3.27. The van der Waals surface area contributed by atoms with E-state index in [2.05, 4.69) is 0 Å². The van der Waals surface area contributed by atoms with Crippen molar-refractivity contribution in [1.29, 1.82) is 0 Å². The molecule has 0 saturated carbocycles. The number of hydrogen-bond donors (Lipinski definition) is 0. The number of hydrogen-bond acceptors (Lipinski definition) is 4. The minimum absolute atomic E-state index is 0.224. The van der Waals surface area contributed by atoms with Crippen LogP contribution in [0.4, 0.5) is 11.4 Å². The molecular formula is C25H22N2O3. The fourth-order valence-corrected chi connectivity index (χ4v) is 4.26. The fraction of sp³-hybridized carbons (Fsp3) is 0.200. The van der Waals surface area contributed by atoms with Gasteiger partial charge in [-0.1, -0.05) is 65.7 Å². The van der Waals surface area contributed by atoms with E-state index < -0.39 is 12.0 Å². The average molecular weight is 398 g/mol. The first-order chi connectivity index (χ1) is 14.5. The number of carbonyl (C=O) groups excluding carboxylic acids is 2. The lowest BCUT2D eigenvalue weighted by atomic mass is 9.90. The van der Waals surface area contributed by atoms with Gasteiger partial charge in [-0.3, -0.25) is 14.4 Å². The van der Waals surface area contributed by atoms with Crippen LogP contribution in [0.25, 0.3) is 0 Å². The van der Waals surface area contributed by atoms with Crippen molar-refractivity contribution in [3.63, 3.8) is 0 Å². The third kappa shape index (κ3) is 2.90. The minimum atomic E-state index is -0.842. The fourth-order valence-electron chi connectivity index (χ4n) is 4.26. The van der Waals surface area contributed by atoms with Crippen LogP contribution in [-0.2, 0) is 14.4 Å². The topological polar surface area (TPSA) is 49.9 Å². The predicted octanol–water partition coefficient (Wildman–Crippen LogP) is 4.35. The number of rotatable bonds is 3. The molecule has 3 aromatic rings. The Morgan fingerprint density at radius 1 is 0.700 bits per heavy atom. The number of carbonyl (C=O) groups is 2. The summed E-state index contributed by atoms with van der Waals surface area (Å²) < 4.78 is 0.